The summed E-state index contributed by atoms with van der Waals surface area (Å²) in [5.41, 5.74) is 0.150. The number of hydrogen-bond donors (Lipinski definition) is 4. The van der Waals surface area contributed by atoms with Crippen LogP contribution >= 0.6 is 0 Å². The molecule has 1 aromatic rings. The van der Waals surface area contributed by atoms with E-state index in [9.17, 15) is 18.8 Å². The van der Waals surface area contributed by atoms with Gasteiger partial charge in [0.15, 0.2) is 19.6 Å². The molecule has 0 saturated carbocycles. The molecule has 0 radical (unpaired) electrons. The molecule has 1 aromatic carbocycles. The normalized spacial score (nSPS) is 16.1. The summed E-state index contributed by atoms with van der Waals surface area (Å²) < 4.78 is 13.2. The second-order valence-corrected chi connectivity index (χ2v) is 8.97. The first-order chi connectivity index (χ1) is 14.0. The van der Waals surface area contributed by atoms with Gasteiger partial charge >= 0.3 is 0 Å². The highest BCUT2D eigenvalue weighted by Gasteiger charge is 2.28. The lowest BCUT2D eigenvalue weighted by atomic mass is 10.1. The van der Waals surface area contributed by atoms with Crippen LogP contribution in [0.2, 0.25) is 0 Å². The van der Waals surface area contributed by atoms with Crippen molar-refractivity contribution in [1.82, 2.24) is 10.2 Å². The number of hydrogen-bond acceptors (Lipinski definition) is 3. The van der Waals surface area contributed by atoms with Crippen LogP contribution in [0.1, 0.15) is 20.8 Å². The van der Waals surface area contributed by atoms with Gasteiger partial charge in [0.1, 0.15) is 5.82 Å². The molecule has 0 bridgehead atoms. The van der Waals surface area contributed by atoms with E-state index in [4.69, 9.17) is 0 Å². The molecular weight excluding hydrogens is 389 g/mol. The fourth-order valence-corrected chi connectivity index (χ4v) is 3.42. The van der Waals surface area contributed by atoms with Gasteiger partial charge in [-0.3, -0.25) is 14.4 Å². The van der Waals surface area contributed by atoms with Gasteiger partial charge in [-0.25, -0.2) is 4.39 Å². The molecule has 0 spiro atoms. The van der Waals surface area contributed by atoms with Crippen LogP contribution in [0.4, 0.5) is 10.1 Å². The van der Waals surface area contributed by atoms with Crippen molar-refractivity contribution in [2.45, 2.75) is 26.3 Å². The number of halogens is 1. The molecule has 1 saturated heterocycles. The van der Waals surface area contributed by atoms with Crippen molar-refractivity contribution < 1.29 is 28.6 Å². The van der Waals surface area contributed by atoms with E-state index in [1.165, 1.54) is 18.2 Å². The summed E-state index contributed by atoms with van der Waals surface area (Å²) in [6.07, 6.45) is 0. The number of benzene rings is 1. The van der Waals surface area contributed by atoms with Crippen LogP contribution in [0.3, 0.4) is 0 Å². The first-order valence-corrected chi connectivity index (χ1v) is 10.3. The molecule has 0 aromatic heterocycles. The molecule has 0 aliphatic carbocycles. The summed E-state index contributed by atoms with van der Waals surface area (Å²) in [7, 11) is 1.78. The molecule has 3 amide bonds. The highest BCUT2D eigenvalue weighted by atomic mass is 19.1. The average Bonchev–Trinajstić information content (AvgIpc) is 2.60. The van der Waals surface area contributed by atoms with Crippen LogP contribution in [0.5, 0.6) is 0 Å². The fourth-order valence-electron chi connectivity index (χ4n) is 3.42. The third-order valence-corrected chi connectivity index (χ3v) is 4.77. The number of piperazine rings is 1. The smallest absolute Gasteiger partial charge is 0.279 e. The minimum atomic E-state index is -0.416. The lowest BCUT2D eigenvalue weighted by molar-refractivity contribution is -0.896. The van der Waals surface area contributed by atoms with Gasteiger partial charge in [0.2, 0.25) is 0 Å². The van der Waals surface area contributed by atoms with Gasteiger partial charge in [-0.15, -0.1) is 0 Å². The molecule has 1 heterocycles. The Hall–Kier alpha value is -2.52. The Morgan fingerprint density at radius 2 is 1.80 bits per heavy atom. The number of anilines is 1. The first kappa shape index (κ1) is 23.8. The van der Waals surface area contributed by atoms with Gasteiger partial charge in [-0.05, 0) is 39.0 Å². The highest BCUT2D eigenvalue weighted by Crippen LogP contribution is 2.08. The summed E-state index contributed by atoms with van der Waals surface area (Å²) in [4.78, 5) is 40.4. The summed E-state index contributed by atoms with van der Waals surface area (Å²) in [6, 6.07) is 5.70. The lowest BCUT2D eigenvalue weighted by Gasteiger charge is -2.32. The van der Waals surface area contributed by atoms with Crippen LogP contribution in [0.25, 0.3) is 0 Å². The molecule has 1 aliphatic rings. The minimum absolute atomic E-state index is 0.00995. The maximum Gasteiger partial charge on any atom is 0.279 e. The molecule has 8 nitrogen and oxygen atoms in total. The van der Waals surface area contributed by atoms with Crippen molar-refractivity contribution in [2.24, 2.45) is 0 Å². The summed E-state index contributed by atoms with van der Waals surface area (Å²) in [5, 5.41) is 5.60. The van der Waals surface area contributed by atoms with Gasteiger partial charge in [0, 0.05) is 11.2 Å². The molecule has 1 fully saturated rings. The van der Waals surface area contributed by atoms with Crippen molar-refractivity contribution in [1.29, 1.82) is 0 Å². The van der Waals surface area contributed by atoms with E-state index >= 15 is 0 Å². The SMILES string of the molecule is C[NH+](CC(=O)Nc1cccc(F)c1)CC(=O)N1CC[NH+](CC(=O)NC(C)(C)C)CC1. The lowest BCUT2D eigenvalue weighted by Crippen LogP contribution is -3.16. The summed E-state index contributed by atoms with van der Waals surface area (Å²) in [6.45, 7) is 9.22. The van der Waals surface area contributed by atoms with Crippen LogP contribution in [0.15, 0.2) is 24.3 Å². The Morgan fingerprint density at radius 1 is 1.13 bits per heavy atom. The van der Waals surface area contributed by atoms with E-state index in [1.54, 1.807) is 18.0 Å². The van der Waals surface area contributed by atoms with E-state index in [-0.39, 0.29) is 36.3 Å². The number of quaternary nitrogens is 2. The molecule has 1 unspecified atom stereocenters. The van der Waals surface area contributed by atoms with E-state index in [2.05, 4.69) is 10.6 Å². The molecule has 2 rings (SSSR count). The van der Waals surface area contributed by atoms with Crippen molar-refractivity contribution >= 4 is 23.4 Å². The Balaban J connectivity index is 1.71. The topological polar surface area (TPSA) is 87.4 Å². The quantitative estimate of drug-likeness (QED) is 0.406. The van der Waals surface area contributed by atoms with Gasteiger partial charge < -0.3 is 25.3 Å². The van der Waals surface area contributed by atoms with Crippen molar-refractivity contribution in [3.8, 4) is 0 Å². The van der Waals surface area contributed by atoms with Gasteiger partial charge in [-0.2, -0.15) is 0 Å². The average molecular weight is 424 g/mol. The number of rotatable bonds is 7. The second-order valence-electron chi connectivity index (χ2n) is 8.97. The molecule has 1 atom stereocenters. The molecule has 9 heteroatoms. The number of amides is 3. The standard InChI is InChI=1S/C21H32FN5O3/c1-21(2,3)24-19(29)14-26-8-10-27(11-9-26)20(30)15-25(4)13-18(28)23-17-7-5-6-16(22)12-17/h5-7,12H,8-11,13-15H2,1-4H3,(H,23,28)(H,24,29)/p+2. The van der Waals surface area contributed by atoms with E-state index < -0.39 is 5.82 Å². The predicted molar refractivity (Wildman–Crippen MR) is 112 cm³/mol. The number of carbonyl (C=O) groups excluding carboxylic acids is 3. The fraction of sp³-hybridized carbons (Fsp3) is 0.571. The molecule has 1 aliphatic heterocycles. The maximum atomic E-state index is 13.2. The van der Waals surface area contributed by atoms with Crippen molar-refractivity contribution in [2.75, 3.05) is 58.2 Å². The Bertz CT molecular complexity index is 757. The third-order valence-electron chi connectivity index (χ3n) is 4.77. The van der Waals surface area contributed by atoms with Crippen molar-refractivity contribution in [3.05, 3.63) is 30.1 Å². The molecule has 30 heavy (non-hydrogen) atoms. The van der Waals surface area contributed by atoms with Gasteiger partial charge in [0.05, 0.1) is 33.2 Å². The Kier molecular flexibility index (Phi) is 8.31. The maximum absolute atomic E-state index is 13.2. The molecule has 166 valence electrons. The zero-order chi connectivity index (χ0) is 22.3. The summed E-state index contributed by atoms with van der Waals surface area (Å²) in [5.74, 6) is -0.680. The molecular formula is C21H34FN5O3+2. The van der Waals surface area contributed by atoms with Crippen LogP contribution in [-0.2, 0) is 14.4 Å². The Morgan fingerprint density at radius 3 is 2.40 bits per heavy atom. The number of nitrogens with zero attached hydrogens (tertiary/aromatic N) is 1. The number of likely N-dealkylation sites (N-methyl/N-ethyl adjacent to an activating group) is 1. The van der Waals surface area contributed by atoms with E-state index in [0.717, 1.165) is 22.9 Å². The van der Waals surface area contributed by atoms with Crippen LogP contribution in [-0.4, -0.2) is 81.0 Å². The van der Waals surface area contributed by atoms with Gasteiger partial charge in [0.25, 0.3) is 17.7 Å². The number of nitrogens with one attached hydrogen (secondary N) is 4. The minimum Gasteiger partial charge on any atom is -0.347 e. The largest absolute Gasteiger partial charge is 0.347 e. The first-order valence-electron chi connectivity index (χ1n) is 10.3. The third kappa shape index (κ3) is 8.46. The monoisotopic (exact) mass is 423 g/mol. The van der Waals surface area contributed by atoms with Crippen LogP contribution < -0.4 is 20.4 Å². The van der Waals surface area contributed by atoms with Gasteiger partial charge in [-0.1, -0.05) is 6.07 Å². The Labute approximate surface area is 177 Å². The second kappa shape index (κ2) is 10.5. The summed E-state index contributed by atoms with van der Waals surface area (Å²) >= 11 is 0. The highest BCUT2D eigenvalue weighted by molar-refractivity contribution is 5.91. The predicted octanol–water partition coefficient (Wildman–Crippen LogP) is -2.08. The zero-order valence-corrected chi connectivity index (χ0v) is 18.3. The van der Waals surface area contributed by atoms with Crippen molar-refractivity contribution in [3.63, 3.8) is 0 Å². The van der Waals surface area contributed by atoms with Crippen LogP contribution in [0, 0.1) is 5.82 Å². The number of carbonyl (C=O) groups is 3. The molecule has 4 N–H and O–H groups in total. The van der Waals surface area contributed by atoms with E-state index in [0.29, 0.717) is 25.3 Å². The zero-order valence-electron chi connectivity index (χ0n) is 18.3. The van der Waals surface area contributed by atoms with E-state index in [1.807, 2.05) is 20.8 Å².